The van der Waals surface area contributed by atoms with Crippen LogP contribution < -0.4 is 0 Å². The van der Waals surface area contributed by atoms with E-state index in [-0.39, 0.29) is 0 Å². The maximum absolute atomic E-state index is 9.20. The third kappa shape index (κ3) is 0.697. The molecule has 2 bridgehead atoms. The fourth-order valence-corrected chi connectivity index (χ4v) is 4.90. The first-order valence-corrected chi connectivity index (χ1v) is 6.06. The molecule has 1 spiro atoms. The third-order valence-corrected chi connectivity index (χ3v) is 5.54. The van der Waals surface area contributed by atoms with Crippen LogP contribution in [-0.4, -0.2) is 10.9 Å². The second kappa shape index (κ2) is 2.17. The highest BCUT2D eigenvalue weighted by Gasteiger charge is 2.64. The molecule has 0 aliphatic heterocycles. The van der Waals surface area contributed by atoms with Crippen molar-refractivity contribution in [2.45, 2.75) is 38.5 Å². The Bertz CT molecular complexity index is 312. The van der Waals surface area contributed by atoms with Crippen molar-refractivity contribution in [3.63, 3.8) is 0 Å². The van der Waals surface area contributed by atoms with Gasteiger partial charge in [0.05, 0.1) is 5.71 Å². The molecule has 4 aliphatic carbocycles. The van der Waals surface area contributed by atoms with Gasteiger partial charge in [0.25, 0.3) is 0 Å². The quantitative estimate of drug-likeness (QED) is 0.463. The Balaban J connectivity index is 1.77. The van der Waals surface area contributed by atoms with Crippen LogP contribution in [0.2, 0.25) is 0 Å². The maximum Gasteiger partial charge on any atom is 0.0666 e. The highest BCUT2D eigenvalue weighted by Crippen LogP contribution is 2.69. The van der Waals surface area contributed by atoms with Crippen LogP contribution in [0.4, 0.5) is 0 Å². The Morgan fingerprint density at radius 3 is 2.64 bits per heavy atom. The molecule has 4 aliphatic rings. The van der Waals surface area contributed by atoms with Crippen LogP contribution in [0.1, 0.15) is 38.5 Å². The lowest BCUT2D eigenvalue weighted by Crippen LogP contribution is -2.35. The predicted molar refractivity (Wildman–Crippen MR) is 53.3 cm³/mol. The van der Waals surface area contributed by atoms with Gasteiger partial charge in [-0.05, 0) is 56.3 Å². The summed E-state index contributed by atoms with van der Waals surface area (Å²) in [5.41, 5.74) is 1.60. The van der Waals surface area contributed by atoms with E-state index in [1.165, 1.54) is 44.2 Å². The average Bonchev–Trinajstić information content (AvgIpc) is 2.65. The van der Waals surface area contributed by atoms with E-state index in [9.17, 15) is 5.21 Å². The lowest BCUT2D eigenvalue weighted by molar-refractivity contribution is 0.238. The summed E-state index contributed by atoms with van der Waals surface area (Å²) in [6.07, 6.45) is 8.22. The Morgan fingerprint density at radius 1 is 1.14 bits per heavy atom. The molecule has 4 fully saturated rings. The third-order valence-electron chi connectivity index (χ3n) is 5.54. The molecule has 0 radical (unpaired) electrons. The van der Waals surface area contributed by atoms with E-state index < -0.39 is 0 Å². The van der Waals surface area contributed by atoms with Crippen molar-refractivity contribution in [1.82, 2.24) is 0 Å². The number of fused-ring (bicyclic) bond motifs is 4. The largest absolute Gasteiger partial charge is 0.411 e. The molecular formula is C12H17NO. The zero-order valence-corrected chi connectivity index (χ0v) is 8.45. The Hall–Kier alpha value is -0.530. The first-order valence-electron chi connectivity index (χ1n) is 6.06. The molecule has 0 aromatic rings. The highest BCUT2D eigenvalue weighted by molar-refractivity contribution is 5.95. The van der Waals surface area contributed by atoms with Crippen LogP contribution in [-0.2, 0) is 0 Å². The molecule has 4 rings (SSSR count). The molecule has 0 amide bonds. The van der Waals surface area contributed by atoms with E-state index >= 15 is 0 Å². The molecule has 1 N–H and O–H groups in total. The maximum atomic E-state index is 9.20. The number of nitrogens with zero attached hydrogens (tertiary/aromatic N) is 1. The van der Waals surface area contributed by atoms with E-state index in [4.69, 9.17) is 0 Å². The fraction of sp³-hybridized carbons (Fsp3) is 0.917. The summed E-state index contributed by atoms with van der Waals surface area (Å²) in [6.45, 7) is 0. The summed E-state index contributed by atoms with van der Waals surface area (Å²) in [4.78, 5) is 0. The van der Waals surface area contributed by atoms with Crippen molar-refractivity contribution >= 4 is 5.71 Å². The van der Waals surface area contributed by atoms with Crippen molar-refractivity contribution in [3.05, 3.63) is 0 Å². The average molecular weight is 191 g/mol. The molecule has 4 atom stereocenters. The Labute approximate surface area is 84.4 Å². The fourth-order valence-electron chi connectivity index (χ4n) is 4.90. The molecule has 2 unspecified atom stereocenters. The summed E-state index contributed by atoms with van der Waals surface area (Å²) in [5.74, 6) is 3.55. The van der Waals surface area contributed by atoms with Gasteiger partial charge in [-0.2, -0.15) is 0 Å². The van der Waals surface area contributed by atoms with Crippen molar-refractivity contribution in [1.29, 1.82) is 0 Å². The van der Waals surface area contributed by atoms with Gasteiger partial charge in [-0.15, -0.1) is 0 Å². The van der Waals surface area contributed by atoms with Gasteiger partial charge >= 0.3 is 0 Å². The summed E-state index contributed by atoms with van der Waals surface area (Å²) in [5, 5.41) is 12.9. The summed E-state index contributed by atoms with van der Waals surface area (Å²) in [6, 6.07) is 0. The standard InChI is InChI=1S/C12H17NO/c14-13-11-7-1-2-10(4-7)12(11)5-8-3-9(8)6-12/h7-10,14H,1-6H2/b13-11-/t7-,8?,9?,10+,12?/m1/s1. The second-order valence-electron chi connectivity index (χ2n) is 6.01. The topological polar surface area (TPSA) is 32.6 Å². The summed E-state index contributed by atoms with van der Waals surface area (Å²) >= 11 is 0. The molecular weight excluding hydrogens is 174 g/mol. The van der Waals surface area contributed by atoms with Gasteiger partial charge in [0.1, 0.15) is 0 Å². The van der Waals surface area contributed by atoms with Gasteiger partial charge in [-0.3, -0.25) is 0 Å². The molecule has 76 valence electrons. The van der Waals surface area contributed by atoms with Gasteiger partial charge in [0, 0.05) is 11.3 Å². The Morgan fingerprint density at radius 2 is 1.93 bits per heavy atom. The highest BCUT2D eigenvalue weighted by atomic mass is 16.4. The molecule has 2 heteroatoms. The first kappa shape index (κ1) is 7.72. The van der Waals surface area contributed by atoms with Crippen molar-refractivity contribution < 1.29 is 5.21 Å². The van der Waals surface area contributed by atoms with Crippen LogP contribution in [0.3, 0.4) is 0 Å². The number of hydrogen-bond acceptors (Lipinski definition) is 2. The monoisotopic (exact) mass is 191 g/mol. The van der Waals surface area contributed by atoms with E-state index in [1.54, 1.807) is 0 Å². The van der Waals surface area contributed by atoms with Crippen molar-refractivity contribution in [2.24, 2.45) is 34.2 Å². The van der Waals surface area contributed by atoms with Crippen LogP contribution in [0, 0.1) is 29.1 Å². The number of oxime groups is 1. The van der Waals surface area contributed by atoms with Gasteiger partial charge in [-0.25, -0.2) is 0 Å². The van der Waals surface area contributed by atoms with Crippen LogP contribution in [0.25, 0.3) is 0 Å². The zero-order chi connectivity index (χ0) is 9.34. The zero-order valence-electron chi connectivity index (χ0n) is 8.45. The molecule has 4 saturated carbocycles. The molecule has 2 nitrogen and oxygen atoms in total. The van der Waals surface area contributed by atoms with Crippen LogP contribution >= 0.6 is 0 Å². The normalized spacial score (nSPS) is 61.3. The minimum Gasteiger partial charge on any atom is -0.411 e. The molecule has 0 aromatic heterocycles. The van der Waals surface area contributed by atoms with E-state index in [1.807, 2.05) is 0 Å². The Kier molecular flexibility index (Phi) is 1.20. The van der Waals surface area contributed by atoms with Gasteiger partial charge < -0.3 is 5.21 Å². The van der Waals surface area contributed by atoms with Crippen molar-refractivity contribution in [2.75, 3.05) is 0 Å². The smallest absolute Gasteiger partial charge is 0.0666 e. The molecule has 0 saturated heterocycles. The molecule has 0 heterocycles. The lowest BCUT2D eigenvalue weighted by Gasteiger charge is -2.35. The predicted octanol–water partition coefficient (Wildman–Crippen LogP) is 2.66. The summed E-state index contributed by atoms with van der Waals surface area (Å²) in [7, 11) is 0. The summed E-state index contributed by atoms with van der Waals surface area (Å²) < 4.78 is 0. The minimum absolute atomic E-state index is 0.394. The number of rotatable bonds is 0. The second-order valence-corrected chi connectivity index (χ2v) is 6.01. The van der Waals surface area contributed by atoms with Gasteiger partial charge in [0.15, 0.2) is 0 Å². The van der Waals surface area contributed by atoms with E-state index in [0.29, 0.717) is 11.3 Å². The van der Waals surface area contributed by atoms with Crippen LogP contribution in [0.15, 0.2) is 5.16 Å². The molecule has 0 aromatic carbocycles. The minimum atomic E-state index is 0.394. The van der Waals surface area contributed by atoms with E-state index in [2.05, 4.69) is 5.16 Å². The van der Waals surface area contributed by atoms with Crippen LogP contribution in [0.5, 0.6) is 0 Å². The first-order chi connectivity index (χ1) is 6.83. The lowest BCUT2D eigenvalue weighted by atomic mass is 9.68. The molecule has 14 heavy (non-hydrogen) atoms. The van der Waals surface area contributed by atoms with E-state index in [0.717, 1.165) is 17.8 Å². The van der Waals surface area contributed by atoms with Gasteiger partial charge in [-0.1, -0.05) is 5.16 Å². The van der Waals surface area contributed by atoms with Gasteiger partial charge in [0.2, 0.25) is 0 Å². The number of hydrogen-bond donors (Lipinski definition) is 1. The SMILES string of the molecule is O/N=C1/[C@@H]2CC[C@@H](C2)C12CC1CC1C2. The van der Waals surface area contributed by atoms with Crippen molar-refractivity contribution in [3.8, 4) is 0 Å².